The number of nitrogens with one attached hydrogen (secondary N) is 1. The second-order valence-electron chi connectivity index (χ2n) is 7.10. The lowest BCUT2D eigenvalue weighted by atomic mass is 9.76. The van der Waals surface area contributed by atoms with Crippen molar-refractivity contribution in [3.8, 4) is 5.75 Å². The summed E-state index contributed by atoms with van der Waals surface area (Å²) in [5.74, 6) is 2.86. The molecule has 3 aliphatic rings. The summed E-state index contributed by atoms with van der Waals surface area (Å²) in [4.78, 5) is 0. The van der Waals surface area contributed by atoms with E-state index in [-0.39, 0.29) is 5.60 Å². The average molecular weight is 271 g/mol. The molecule has 2 bridgehead atoms. The number of hydrogen-bond acceptors (Lipinski definition) is 2. The van der Waals surface area contributed by atoms with Crippen LogP contribution in [0.5, 0.6) is 5.75 Å². The average Bonchev–Trinajstić information content (AvgIpc) is 3.01. The van der Waals surface area contributed by atoms with Crippen molar-refractivity contribution in [2.75, 3.05) is 6.54 Å². The van der Waals surface area contributed by atoms with Crippen LogP contribution in [-0.2, 0) is 0 Å². The molecule has 2 aliphatic carbocycles. The second-order valence-corrected chi connectivity index (χ2v) is 7.10. The highest BCUT2D eigenvalue weighted by atomic mass is 16.5. The van der Waals surface area contributed by atoms with Crippen molar-refractivity contribution < 1.29 is 4.74 Å². The lowest BCUT2D eigenvalue weighted by molar-refractivity contribution is -0.0182. The van der Waals surface area contributed by atoms with Gasteiger partial charge >= 0.3 is 0 Å². The van der Waals surface area contributed by atoms with Crippen LogP contribution >= 0.6 is 0 Å². The number of ether oxygens (including phenoxy) is 1. The van der Waals surface area contributed by atoms with Crippen molar-refractivity contribution in [2.45, 2.75) is 57.6 Å². The molecule has 0 radical (unpaired) electrons. The summed E-state index contributed by atoms with van der Waals surface area (Å²) >= 11 is 0. The first-order valence-corrected chi connectivity index (χ1v) is 8.23. The molecule has 2 fully saturated rings. The van der Waals surface area contributed by atoms with Gasteiger partial charge in [0.2, 0.25) is 0 Å². The monoisotopic (exact) mass is 271 g/mol. The largest absolute Gasteiger partial charge is 0.487 e. The second kappa shape index (κ2) is 4.49. The minimum Gasteiger partial charge on any atom is -0.487 e. The number of aryl methyl sites for hydroxylation is 1. The van der Waals surface area contributed by atoms with E-state index in [2.05, 4.69) is 37.4 Å². The molecule has 1 aromatic carbocycles. The van der Waals surface area contributed by atoms with Crippen LogP contribution in [0.3, 0.4) is 0 Å². The maximum atomic E-state index is 6.61. The molecule has 4 rings (SSSR count). The molecule has 108 valence electrons. The topological polar surface area (TPSA) is 21.3 Å². The van der Waals surface area contributed by atoms with Crippen molar-refractivity contribution in [3.05, 3.63) is 29.3 Å². The number of fused-ring (bicyclic) bond motifs is 4. The summed E-state index contributed by atoms with van der Waals surface area (Å²) in [5, 5.41) is 3.70. The van der Waals surface area contributed by atoms with Crippen LogP contribution in [0.25, 0.3) is 0 Å². The molecular weight excluding hydrogens is 246 g/mol. The molecule has 20 heavy (non-hydrogen) atoms. The van der Waals surface area contributed by atoms with Gasteiger partial charge in [-0.15, -0.1) is 0 Å². The van der Waals surface area contributed by atoms with Gasteiger partial charge in [-0.25, -0.2) is 0 Å². The van der Waals surface area contributed by atoms with Crippen molar-refractivity contribution in [2.24, 2.45) is 11.8 Å². The van der Waals surface area contributed by atoms with Crippen LogP contribution in [0.4, 0.5) is 0 Å². The highest BCUT2D eigenvalue weighted by molar-refractivity contribution is 5.42. The van der Waals surface area contributed by atoms with Crippen LogP contribution in [-0.4, -0.2) is 12.1 Å². The molecule has 1 aromatic rings. The zero-order chi connectivity index (χ0) is 13.7. The van der Waals surface area contributed by atoms with E-state index in [9.17, 15) is 0 Å². The summed E-state index contributed by atoms with van der Waals surface area (Å²) in [7, 11) is 0. The fraction of sp³-hybridized carbons (Fsp3) is 0.667. The fourth-order valence-electron chi connectivity index (χ4n) is 4.95. The first-order chi connectivity index (χ1) is 9.70. The van der Waals surface area contributed by atoms with E-state index >= 15 is 0 Å². The predicted octanol–water partition coefficient (Wildman–Crippen LogP) is 3.99. The van der Waals surface area contributed by atoms with Crippen molar-refractivity contribution in [3.63, 3.8) is 0 Å². The van der Waals surface area contributed by atoms with E-state index < -0.39 is 0 Å². The van der Waals surface area contributed by atoms with Crippen LogP contribution in [0.15, 0.2) is 18.2 Å². The Morgan fingerprint density at radius 1 is 1.30 bits per heavy atom. The van der Waals surface area contributed by atoms with E-state index in [1.54, 1.807) is 0 Å². The Bertz CT molecular complexity index is 526. The maximum absolute atomic E-state index is 6.61. The first kappa shape index (κ1) is 12.7. The van der Waals surface area contributed by atoms with E-state index in [0.717, 1.165) is 24.1 Å². The van der Waals surface area contributed by atoms with Crippen LogP contribution < -0.4 is 10.1 Å². The Morgan fingerprint density at radius 3 is 2.90 bits per heavy atom. The van der Waals surface area contributed by atoms with Gasteiger partial charge in [-0.2, -0.15) is 0 Å². The van der Waals surface area contributed by atoms with Gasteiger partial charge in [0, 0.05) is 18.0 Å². The Labute approximate surface area is 121 Å². The molecule has 0 aromatic heterocycles. The molecule has 4 atom stereocenters. The normalized spacial score (nSPS) is 38.0. The van der Waals surface area contributed by atoms with E-state index in [1.165, 1.54) is 43.2 Å². The lowest BCUT2D eigenvalue weighted by Gasteiger charge is -2.45. The number of hydrogen-bond donors (Lipinski definition) is 1. The SMILES string of the molecule is CCNC1CC2(CC3CCC2C3)Oc2ccc(C)cc21. The highest BCUT2D eigenvalue weighted by Crippen LogP contribution is 2.58. The van der Waals surface area contributed by atoms with Gasteiger partial charge in [-0.1, -0.05) is 24.6 Å². The smallest absolute Gasteiger partial charge is 0.124 e. The van der Waals surface area contributed by atoms with E-state index in [4.69, 9.17) is 4.74 Å². The third-order valence-electron chi connectivity index (χ3n) is 5.77. The molecular formula is C18H25NO. The van der Waals surface area contributed by atoms with Crippen molar-refractivity contribution in [1.82, 2.24) is 5.32 Å². The summed E-state index contributed by atoms with van der Waals surface area (Å²) in [6, 6.07) is 7.17. The molecule has 2 saturated carbocycles. The van der Waals surface area contributed by atoms with Crippen LogP contribution in [0.1, 0.15) is 56.2 Å². The molecule has 1 aliphatic heterocycles. The third-order valence-corrected chi connectivity index (χ3v) is 5.77. The fourth-order valence-corrected chi connectivity index (χ4v) is 4.95. The van der Waals surface area contributed by atoms with E-state index in [0.29, 0.717) is 6.04 Å². The van der Waals surface area contributed by atoms with Gasteiger partial charge in [-0.3, -0.25) is 0 Å². The van der Waals surface area contributed by atoms with E-state index in [1.807, 2.05) is 0 Å². The minimum atomic E-state index is 0.137. The third kappa shape index (κ3) is 1.81. The Morgan fingerprint density at radius 2 is 2.20 bits per heavy atom. The van der Waals surface area contributed by atoms with Crippen molar-refractivity contribution in [1.29, 1.82) is 0 Å². The van der Waals surface area contributed by atoms with Gasteiger partial charge in [0.15, 0.2) is 0 Å². The predicted molar refractivity (Wildman–Crippen MR) is 81.0 cm³/mol. The molecule has 2 heteroatoms. The molecule has 1 heterocycles. The standard InChI is InChI=1S/C18H25NO/c1-3-19-16-11-18(10-13-5-6-14(18)9-13)20-17-7-4-12(2)8-15(16)17/h4,7-8,13-14,16,19H,3,5-6,9-11H2,1-2H3. The Hall–Kier alpha value is -1.02. The lowest BCUT2D eigenvalue weighted by Crippen LogP contribution is -2.48. The van der Waals surface area contributed by atoms with Gasteiger partial charge < -0.3 is 10.1 Å². The zero-order valence-corrected chi connectivity index (χ0v) is 12.6. The Kier molecular flexibility index (Phi) is 2.85. The molecule has 0 saturated heterocycles. The minimum absolute atomic E-state index is 0.137. The Balaban J connectivity index is 1.72. The maximum Gasteiger partial charge on any atom is 0.124 e. The summed E-state index contributed by atoms with van der Waals surface area (Å²) < 4.78 is 6.61. The summed E-state index contributed by atoms with van der Waals surface area (Å²) in [6.07, 6.45) is 6.67. The zero-order valence-electron chi connectivity index (χ0n) is 12.6. The molecule has 4 unspecified atom stereocenters. The van der Waals surface area contributed by atoms with Crippen LogP contribution in [0, 0.1) is 18.8 Å². The summed E-state index contributed by atoms with van der Waals surface area (Å²) in [6.45, 7) is 5.41. The summed E-state index contributed by atoms with van der Waals surface area (Å²) in [5.41, 5.74) is 2.84. The molecule has 1 spiro atoms. The molecule has 1 N–H and O–H groups in total. The number of rotatable bonds is 2. The first-order valence-electron chi connectivity index (χ1n) is 8.23. The quantitative estimate of drug-likeness (QED) is 0.878. The highest BCUT2D eigenvalue weighted by Gasteiger charge is 2.55. The molecule has 0 amide bonds. The van der Waals surface area contributed by atoms with Crippen LogP contribution in [0.2, 0.25) is 0 Å². The van der Waals surface area contributed by atoms with Gasteiger partial charge in [-0.05, 0) is 57.1 Å². The van der Waals surface area contributed by atoms with Gasteiger partial charge in [0.1, 0.15) is 11.4 Å². The van der Waals surface area contributed by atoms with Gasteiger partial charge in [0.05, 0.1) is 0 Å². The van der Waals surface area contributed by atoms with Crippen molar-refractivity contribution >= 4 is 0 Å². The molecule has 2 nitrogen and oxygen atoms in total. The van der Waals surface area contributed by atoms with Gasteiger partial charge in [0.25, 0.3) is 0 Å². The number of benzene rings is 1.